The molecule has 0 spiro atoms. The maximum atomic E-state index is 13.4. The highest BCUT2D eigenvalue weighted by Gasteiger charge is 2.31. The van der Waals surface area contributed by atoms with E-state index in [0.717, 1.165) is 28.5 Å². The van der Waals surface area contributed by atoms with E-state index >= 15 is 0 Å². The van der Waals surface area contributed by atoms with Crippen molar-refractivity contribution in [2.75, 3.05) is 29.9 Å². The smallest absolute Gasteiger partial charge is 0.406 e. The number of urea groups is 1. The van der Waals surface area contributed by atoms with Crippen LogP contribution < -0.4 is 15.0 Å². The first-order valence-corrected chi connectivity index (χ1v) is 11.9. The maximum Gasteiger partial charge on any atom is 0.573 e. The number of anilines is 2. The third kappa shape index (κ3) is 6.31. The summed E-state index contributed by atoms with van der Waals surface area (Å²) in [7, 11) is 0. The summed E-state index contributed by atoms with van der Waals surface area (Å²) in [6.07, 6.45) is -4.78. The van der Waals surface area contributed by atoms with Gasteiger partial charge in [0.25, 0.3) is 0 Å². The minimum absolute atomic E-state index is 0. The van der Waals surface area contributed by atoms with Crippen LogP contribution in [0.4, 0.5) is 33.9 Å². The second kappa shape index (κ2) is 11.3. The lowest BCUT2D eigenvalue weighted by Crippen LogP contribution is -2.55. The number of alkyl halides is 3. The third-order valence-electron chi connectivity index (χ3n) is 6.31. The van der Waals surface area contributed by atoms with Gasteiger partial charge in [-0.05, 0) is 55.5 Å². The van der Waals surface area contributed by atoms with E-state index in [2.05, 4.69) is 25.2 Å². The van der Waals surface area contributed by atoms with Crippen molar-refractivity contribution in [3.05, 3.63) is 78.6 Å². The first kappa shape index (κ1) is 27.9. The van der Waals surface area contributed by atoms with Crippen LogP contribution in [0.1, 0.15) is 6.92 Å². The normalized spacial score (nSPS) is 15.6. The van der Waals surface area contributed by atoms with Crippen molar-refractivity contribution in [2.45, 2.75) is 19.3 Å². The van der Waals surface area contributed by atoms with Crippen LogP contribution >= 0.6 is 12.4 Å². The molecule has 1 N–H and O–H groups in total. The Labute approximate surface area is 227 Å². The number of benzene rings is 3. The number of carbonyl (C=O) groups excluding carboxylic acids is 1. The van der Waals surface area contributed by atoms with Crippen LogP contribution in [0.15, 0.2) is 72.8 Å². The average Bonchev–Trinajstić information content (AvgIpc) is 2.89. The van der Waals surface area contributed by atoms with Gasteiger partial charge < -0.3 is 19.9 Å². The molecule has 1 aliphatic rings. The summed E-state index contributed by atoms with van der Waals surface area (Å²) in [5.41, 5.74) is 1.77. The number of rotatable bonds is 4. The number of amides is 2. The lowest BCUT2D eigenvalue weighted by molar-refractivity contribution is -0.274. The molecule has 1 atom stereocenters. The molecule has 2 heterocycles. The van der Waals surface area contributed by atoms with Crippen molar-refractivity contribution in [3.8, 4) is 17.0 Å². The van der Waals surface area contributed by atoms with Crippen molar-refractivity contribution < 1.29 is 27.1 Å². The molecule has 1 aliphatic heterocycles. The Kier molecular flexibility index (Phi) is 8.10. The van der Waals surface area contributed by atoms with Crippen molar-refractivity contribution in [1.82, 2.24) is 15.1 Å². The third-order valence-corrected chi connectivity index (χ3v) is 6.31. The minimum Gasteiger partial charge on any atom is -0.406 e. The number of nitrogens with one attached hydrogen (secondary N) is 1. The molecule has 3 aromatic carbocycles. The molecule has 0 unspecified atom stereocenters. The van der Waals surface area contributed by atoms with Crippen LogP contribution in [0.2, 0.25) is 0 Å². The monoisotopic (exact) mass is 561 g/mol. The quantitative estimate of drug-likeness (QED) is 0.288. The van der Waals surface area contributed by atoms with Gasteiger partial charge in [0.05, 0.1) is 0 Å². The number of halogens is 5. The van der Waals surface area contributed by atoms with Crippen molar-refractivity contribution in [2.24, 2.45) is 0 Å². The zero-order valence-electron chi connectivity index (χ0n) is 20.7. The molecule has 0 saturated carbocycles. The molecule has 1 aromatic heterocycles. The number of aromatic nitrogens is 2. The van der Waals surface area contributed by atoms with E-state index in [9.17, 15) is 22.4 Å². The molecule has 39 heavy (non-hydrogen) atoms. The highest BCUT2D eigenvalue weighted by molar-refractivity contribution is 6.00. The predicted octanol–water partition coefficient (Wildman–Crippen LogP) is 6.50. The van der Waals surface area contributed by atoms with Crippen LogP contribution in [-0.2, 0) is 0 Å². The molecular weight excluding hydrogens is 538 g/mol. The van der Waals surface area contributed by atoms with Gasteiger partial charge in [-0.1, -0.05) is 24.3 Å². The van der Waals surface area contributed by atoms with Crippen LogP contribution in [0, 0.1) is 5.82 Å². The summed E-state index contributed by atoms with van der Waals surface area (Å²) in [6, 6.07) is 18.3. The van der Waals surface area contributed by atoms with Crippen LogP contribution in [0.5, 0.6) is 5.75 Å². The zero-order valence-corrected chi connectivity index (χ0v) is 21.5. The second-order valence-corrected chi connectivity index (χ2v) is 8.92. The molecule has 0 radical (unpaired) electrons. The summed E-state index contributed by atoms with van der Waals surface area (Å²) in [4.78, 5) is 16.6. The van der Waals surface area contributed by atoms with Crippen LogP contribution in [0.3, 0.4) is 0 Å². The van der Waals surface area contributed by atoms with E-state index in [1.807, 2.05) is 31.2 Å². The summed E-state index contributed by atoms with van der Waals surface area (Å²) < 4.78 is 54.4. The van der Waals surface area contributed by atoms with Crippen LogP contribution in [-0.4, -0.2) is 53.2 Å². The fourth-order valence-electron chi connectivity index (χ4n) is 4.53. The van der Waals surface area contributed by atoms with Gasteiger partial charge >= 0.3 is 12.4 Å². The van der Waals surface area contributed by atoms with Crippen LogP contribution in [0.25, 0.3) is 22.0 Å². The number of piperazine rings is 1. The lowest BCUT2D eigenvalue weighted by Gasteiger charge is -2.40. The Bertz CT molecular complexity index is 1450. The van der Waals surface area contributed by atoms with Gasteiger partial charge in [-0.3, -0.25) is 0 Å². The standard InChI is InChI=1S/C27H23F4N5O2.ClH/c1-17-16-35(14-15-36(17)26(37)32-20-10-12-21(13-11-20)38-27(29,30)31)25-23-5-3-2-4-22(23)24(33-34-25)18-6-8-19(28)9-7-18;/h2-13,17H,14-16H2,1H3,(H,32,37);1H/t17-;/m0./s1. The zero-order chi connectivity index (χ0) is 26.9. The van der Waals surface area contributed by atoms with Crippen molar-refractivity contribution in [3.63, 3.8) is 0 Å². The number of hydrogen-bond donors (Lipinski definition) is 1. The Balaban J connectivity index is 0.00000353. The average molecular weight is 562 g/mol. The molecule has 1 saturated heterocycles. The largest absolute Gasteiger partial charge is 0.573 e. The van der Waals surface area contributed by atoms with Gasteiger partial charge in [0.2, 0.25) is 0 Å². The van der Waals surface area contributed by atoms with E-state index in [0.29, 0.717) is 36.8 Å². The number of ether oxygens (including phenoxy) is 1. The van der Waals surface area contributed by atoms with Crippen molar-refractivity contribution in [1.29, 1.82) is 0 Å². The first-order chi connectivity index (χ1) is 18.2. The van der Waals surface area contributed by atoms with Gasteiger partial charge in [0.15, 0.2) is 5.82 Å². The topological polar surface area (TPSA) is 70.6 Å². The maximum absolute atomic E-state index is 13.4. The molecule has 5 rings (SSSR count). The van der Waals surface area contributed by atoms with E-state index < -0.39 is 6.36 Å². The highest BCUT2D eigenvalue weighted by Crippen LogP contribution is 2.32. The fraction of sp³-hybridized carbons (Fsp3) is 0.222. The van der Waals surface area contributed by atoms with Gasteiger partial charge in [0, 0.05) is 47.7 Å². The number of carbonyl (C=O) groups is 1. The predicted molar refractivity (Wildman–Crippen MR) is 143 cm³/mol. The molecule has 0 aliphatic carbocycles. The van der Waals surface area contributed by atoms with Gasteiger partial charge in [-0.2, -0.15) is 0 Å². The van der Waals surface area contributed by atoms with E-state index in [1.165, 1.54) is 24.3 Å². The Morgan fingerprint density at radius 1 is 0.949 bits per heavy atom. The summed E-state index contributed by atoms with van der Waals surface area (Å²) in [5.74, 6) is 0.000836. The van der Waals surface area contributed by atoms with E-state index in [1.54, 1.807) is 17.0 Å². The number of fused-ring (bicyclic) bond motifs is 1. The summed E-state index contributed by atoms with van der Waals surface area (Å²) in [5, 5.41) is 13.5. The second-order valence-electron chi connectivity index (χ2n) is 8.92. The van der Waals surface area contributed by atoms with Gasteiger partial charge in [0.1, 0.15) is 17.3 Å². The van der Waals surface area contributed by atoms with E-state index in [4.69, 9.17) is 0 Å². The molecule has 204 valence electrons. The Morgan fingerprint density at radius 3 is 2.26 bits per heavy atom. The lowest BCUT2D eigenvalue weighted by atomic mass is 10.0. The van der Waals surface area contributed by atoms with Gasteiger partial charge in [-0.15, -0.1) is 35.8 Å². The molecule has 4 aromatic rings. The number of hydrogen-bond acceptors (Lipinski definition) is 5. The Hall–Kier alpha value is -4.12. The highest BCUT2D eigenvalue weighted by atomic mass is 35.5. The first-order valence-electron chi connectivity index (χ1n) is 11.9. The van der Waals surface area contributed by atoms with Gasteiger partial charge in [-0.25, -0.2) is 9.18 Å². The summed E-state index contributed by atoms with van der Waals surface area (Å²) >= 11 is 0. The molecule has 12 heteroatoms. The summed E-state index contributed by atoms with van der Waals surface area (Å²) in [6.45, 7) is 3.32. The van der Waals surface area contributed by atoms with Crippen molar-refractivity contribution >= 4 is 40.7 Å². The molecule has 0 bridgehead atoms. The fourth-order valence-corrected chi connectivity index (χ4v) is 4.53. The molecular formula is C27H24ClF4N5O2. The number of nitrogens with zero attached hydrogens (tertiary/aromatic N) is 4. The van der Waals surface area contributed by atoms with E-state index in [-0.39, 0.29) is 36.0 Å². The molecule has 7 nitrogen and oxygen atoms in total. The SMILES string of the molecule is C[C@H]1CN(c2nnc(-c3ccc(F)cc3)c3ccccc23)CCN1C(=O)Nc1ccc(OC(F)(F)F)cc1.Cl. The molecule has 1 fully saturated rings. The molecule has 2 amide bonds. The Morgan fingerprint density at radius 2 is 1.62 bits per heavy atom. The minimum atomic E-state index is -4.78.